The average molecular weight is 1290 g/mol. The molecule has 12 unspecified atom stereocenters. The summed E-state index contributed by atoms with van der Waals surface area (Å²) in [6.45, 7) is 2.68. The highest BCUT2D eigenvalue weighted by Crippen LogP contribution is 2.30. The quantitative estimate of drug-likeness (QED) is 0.0204. The van der Waals surface area contributed by atoms with E-state index in [0.717, 1.165) is 89.9 Å². The summed E-state index contributed by atoms with van der Waals surface area (Å²) in [6.07, 6.45) is 71.5. The van der Waals surface area contributed by atoms with Crippen molar-refractivity contribution < 1.29 is 64.6 Å². The molecule has 14 heteroatoms. The van der Waals surface area contributed by atoms with Crippen molar-refractivity contribution in [3.8, 4) is 0 Å². The molecule has 2 aliphatic heterocycles. The number of ether oxygens (including phenoxy) is 4. The minimum Gasteiger partial charge on any atom is -0.394 e. The number of carbonyl (C=O) groups is 1. The van der Waals surface area contributed by atoms with Crippen LogP contribution in [-0.2, 0) is 23.7 Å². The van der Waals surface area contributed by atoms with Gasteiger partial charge in [0.2, 0.25) is 5.91 Å². The normalized spacial score (nSPS) is 23.3. The molecule has 1 amide bonds. The highest BCUT2D eigenvalue weighted by molar-refractivity contribution is 5.76. The van der Waals surface area contributed by atoms with E-state index in [9.17, 15) is 45.6 Å². The van der Waals surface area contributed by atoms with Crippen LogP contribution in [0.2, 0.25) is 0 Å². The van der Waals surface area contributed by atoms with Gasteiger partial charge >= 0.3 is 0 Å². The number of allylic oxidation sites excluding steroid dienone is 17. The van der Waals surface area contributed by atoms with Crippen LogP contribution in [0.4, 0.5) is 0 Å². The number of unbranched alkanes of at least 4 members (excludes halogenated alkanes) is 31. The first-order valence-electron chi connectivity index (χ1n) is 37.1. The number of rotatable bonds is 60. The largest absolute Gasteiger partial charge is 0.394 e. The van der Waals surface area contributed by atoms with Gasteiger partial charge in [0.15, 0.2) is 12.6 Å². The van der Waals surface area contributed by atoms with Gasteiger partial charge in [0.25, 0.3) is 0 Å². The average Bonchev–Trinajstić information content (AvgIpc) is 0.836. The lowest BCUT2D eigenvalue weighted by atomic mass is 9.97. The van der Waals surface area contributed by atoms with Crippen LogP contribution >= 0.6 is 0 Å². The maximum absolute atomic E-state index is 13.3. The first kappa shape index (κ1) is 84.7. The summed E-state index contributed by atoms with van der Waals surface area (Å²) in [4.78, 5) is 13.3. The molecule has 0 saturated carbocycles. The van der Waals surface area contributed by atoms with E-state index in [4.69, 9.17) is 18.9 Å². The molecule has 9 N–H and O–H groups in total. The van der Waals surface area contributed by atoms with Gasteiger partial charge in [0.1, 0.15) is 48.8 Å². The summed E-state index contributed by atoms with van der Waals surface area (Å²) in [5.74, 6) is -0.260. The zero-order valence-electron chi connectivity index (χ0n) is 57.8. The molecule has 0 radical (unpaired) electrons. The van der Waals surface area contributed by atoms with E-state index >= 15 is 0 Å². The van der Waals surface area contributed by atoms with Crippen molar-refractivity contribution in [2.75, 3.05) is 19.8 Å². The van der Waals surface area contributed by atoms with Crippen LogP contribution in [0.5, 0.6) is 0 Å². The third-order valence-electron chi connectivity index (χ3n) is 17.4. The van der Waals surface area contributed by atoms with Gasteiger partial charge in [-0.1, -0.05) is 290 Å². The van der Waals surface area contributed by atoms with Gasteiger partial charge in [0, 0.05) is 6.42 Å². The minimum atomic E-state index is -1.80. The number of aliphatic hydroxyl groups is 8. The molecular weight excluding hydrogens is 1160 g/mol. The molecule has 92 heavy (non-hydrogen) atoms. The molecule has 14 nitrogen and oxygen atoms in total. The van der Waals surface area contributed by atoms with Crippen LogP contribution in [-0.4, -0.2) is 140 Å². The summed E-state index contributed by atoms with van der Waals surface area (Å²) >= 11 is 0. The lowest BCUT2D eigenvalue weighted by Crippen LogP contribution is -2.65. The van der Waals surface area contributed by atoms with E-state index in [2.05, 4.69) is 116 Å². The molecule has 2 heterocycles. The van der Waals surface area contributed by atoms with Crippen LogP contribution in [0, 0.1) is 0 Å². The third-order valence-corrected chi connectivity index (χ3v) is 17.4. The SMILES string of the molecule is CC/C=C\C/C=C\C/C=C\C/C=C\C/C=C\C/C=C\CCCCCCCCCCCCC(=O)NC(COC1OC(CO)C(OC2OC(CO)C(O)C(O)C2O)C(O)C1O)C(O)/C=C/CC/C=C/CC/C=C/CCCCCCCCCCCCCCCCCCCCC. The number of hydrogen-bond donors (Lipinski definition) is 9. The second-order valence-electron chi connectivity index (χ2n) is 25.7. The Morgan fingerprint density at radius 2 is 0.761 bits per heavy atom. The Morgan fingerprint density at radius 3 is 1.20 bits per heavy atom. The van der Waals surface area contributed by atoms with Crippen LogP contribution in [0.1, 0.15) is 284 Å². The van der Waals surface area contributed by atoms with Crippen LogP contribution in [0.3, 0.4) is 0 Å². The predicted octanol–water partition coefficient (Wildman–Crippen LogP) is 15.9. The van der Waals surface area contributed by atoms with Crippen molar-refractivity contribution >= 4 is 5.91 Å². The van der Waals surface area contributed by atoms with Crippen molar-refractivity contribution in [3.05, 3.63) is 109 Å². The summed E-state index contributed by atoms with van der Waals surface area (Å²) in [5.41, 5.74) is 0. The fourth-order valence-electron chi connectivity index (χ4n) is 11.6. The Hall–Kier alpha value is -3.35. The zero-order valence-corrected chi connectivity index (χ0v) is 57.8. The van der Waals surface area contributed by atoms with E-state index < -0.39 is 86.8 Å². The molecule has 2 fully saturated rings. The summed E-state index contributed by atoms with van der Waals surface area (Å²) in [7, 11) is 0. The second-order valence-corrected chi connectivity index (χ2v) is 25.7. The first-order valence-corrected chi connectivity index (χ1v) is 37.1. The van der Waals surface area contributed by atoms with Crippen molar-refractivity contribution in [1.82, 2.24) is 5.32 Å². The predicted molar refractivity (Wildman–Crippen MR) is 378 cm³/mol. The number of nitrogens with one attached hydrogen (secondary N) is 1. The van der Waals surface area contributed by atoms with Crippen LogP contribution in [0.25, 0.3) is 0 Å². The Labute approximate surface area is 559 Å². The first-order chi connectivity index (χ1) is 45.1. The lowest BCUT2D eigenvalue weighted by Gasteiger charge is -2.46. The highest BCUT2D eigenvalue weighted by Gasteiger charge is 2.51. The second kappa shape index (κ2) is 61.3. The number of amides is 1. The molecule has 2 saturated heterocycles. The van der Waals surface area contributed by atoms with Gasteiger partial charge < -0.3 is 65.1 Å². The molecule has 0 aromatic rings. The molecule has 530 valence electrons. The molecule has 0 aliphatic carbocycles. The Bertz CT molecular complexity index is 1960. The summed E-state index contributed by atoms with van der Waals surface area (Å²) < 4.78 is 22.9. The lowest BCUT2D eigenvalue weighted by molar-refractivity contribution is -0.359. The van der Waals surface area contributed by atoms with Gasteiger partial charge in [-0.3, -0.25) is 4.79 Å². The Balaban J connectivity index is 1.69. The standard InChI is InChI=1S/C78H135NO13/c1-3-5-7-9-11-13-15-17-19-21-23-25-27-29-31-33-35-37-39-41-43-45-47-49-51-53-55-57-59-61-67(82)66(65-89-77-75(88)73(86)76(69(64-81)91-77)92-78-74(87)72(85)71(84)68(63-80)90-78)79-70(83)62-60-58-56-54-52-50-48-46-44-42-40-38-36-34-32-30-28-26-24-22-20-18-16-14-12-10-8-6-4-2/h6,8,12,14,18,20,24,26,30,32,36,38,43,45,51,53,59,61,66-69,71-78,80-82,84-88H,3-5,7,9-11,13,15-17,19,21-23,25,27-29,31,33-35,37,39-42,44,46-50,52,54-58,60,62-65H2,1-2H3,(H,79,83)/b8-6-,14-12-,20-18-,26-24-,32-30-,38-36-,45-43+,53-51+,61-59+. The third kappa shape index (κ3) is 44.4. The van der Waals surface area contributed by atoms with Crippen LogP contribution in [0.15, 0.2) is 109 Å². The molecule has 2 aliphatic rings. The highest BCUT2D eigenvalue weighted by atomic mass is 16.7. The van der Waals surface area contributed by atoms with Crippen molar-refractivity contribution in [3.63, 3.8) is 0 Å². The van der Waals surface area contributed by atoms with Gasteiger partial charge in [0.05, 0.1) is 32.0 Å². The molecule has 0 spiro atoms. The number of carbonyl (C=O) groups excluding carboxylic acids is 1. The van der Waals surface area contributed by atoms with E-state index in [-0.39, 0.29) is 18.9 Å². The van der Waals surface area contributed by atoms with E-state index in [1.807, 2.05) is 6.08 Å². The van der Waals surface area contributed by atoms with E-state index in [0.29, 0.717) is 12.8 Å². The fraction of sp³-hybridized carbons (Fsp3) is 0.756. The van der Waals surface area contributed by atoms with Crippen molar-refractivity contribution in [2.45, 2.75) is 357 Å². The number of hydrogen-bond acceptors (Lipinski definition) is 13. The minimum absolute atomic E-state index is 0.258. The van der Waals surface area contributed by atoms with Gasteiger partial charge in [-0.05, 0) is 96.3 Å². The van der Waals surface area contributed by atoms with Crippen molar-refractivity contribution in [2.24, 2.45) is 0 Å². The van der Waals surface area contributed by atoms with Gasteiger partial charge in [-0.2, -0.15) is 0 Å². The topological polar surface area (TPSA) is 228 Å². The molecule has 0 aromatic heterocycles. The molecule has 0 aromatic carbocycles. The summed E-state index contributed by atoms with van der Waals surface area (Å²) in [6, 6.07) is -0.950. The van der Waals surface area contributed by atoms with E-state index in [1.165, 1.54) is 161 Å². The monoisotopic (exact) mass is 1290 g/mol. The molecule has 0 bridgehead atoms. The molecule has 12 atom stereocenters. The zero-order chi connectivity index (χ0) is 66.6. The Kier molecular flexibility index (Phi) is 56.4. The Morgan fingerprint density at radius 1 is 0.402 bits per heavy atom. The maximum Gasteiger partial charge on any atom is 0.220 e. The maximum atomic E-state index is 13.3. The van der Waals surface area contributed by atoms with Gasteiger partial charge in [-0.15, -0.1) is 0 Å². The molecule has 2 rings (SSSR count). The van der Waals surface area contributed by atoms with Crippen LogP contribution < -0.4 is 5.32 Å². The molecular formula is C78H135NO13. The van der Waals surface area contributed by atoms with Crippen molar-refractivity contribution in [1.29, 1.82) is 0 Å². The summed E-state index contributed by atoms with van der Waals surface area (Å²) in [5, 5.41) is 87.5. The van der Waals surface area contributed by atoms with E-state index in [1.54, 1.807) is 6.08 Å². The fourth-order valence-corrected chi connectivity index (χ4v) is 11.6. The number of aliphatic hydroxyl groups excluding tert-OH is 8. The van der Waals surface area contributed by atoms with Gasteiger partial charge in [-0.25, -0.2) is 0 Å². The smallest absolute Gasteiger partial charge is 0.220 e.